The van der Waals surface area contributed by atoms with E-state index in [9.17, 15) is 5.11 Å². The monoisotopic (exact) mass is 375 g/mol. The molecular formula is C20H29N3O2S. The molecule has 0 saturated heterocycles. The van der Waals surface area contributed by atoms with Gasteiger partial charge < -0.3 is 15.2 Å². The largest absolute Gasteiger partial charge is 0.389 e. The quantitative estimate of drug-likeness (QED) is 0.733. The Bertz CT molecular complexity index is 770. The summed E-state index contributed by atoms with van der Waals surface area (Å²) in [4.78, 5) is 12.3. The van der Waals surface area contributed by atoms with E-state index in [0.717, 1.165) is 22.9 Å². The Morgan fingerprint density at radius 2 is 2.00 bits per heavy atom. The van der Waals surface area contributed by atoms with Gasteiger partial charge in [-0.25, -0.2) is 9.97 Å². The number of aryl methyl sites for hydroxylation is 2. The van der Waals surface area contributed by atoms with Crippen LogP contribution in [-0.2, 0) is 17.6 Å². The van der Waals surface area contributed by atoms with Crippen molar-refractivity contribution in [3.8, 4) is 0 Å². The molecule has 1 fully saturated rings. The topological polar surface area (TPSA) is 67.3 Å². The van der Waals surface area contributed by atoms with Crippen molar-refractivity contribution in [1.29, 1.82) is 0 Å². The summed E-state index contributed by atoms with van der Waals surface area (Å²) in [5.74, 6) is 2.90. The molecular weight excluding hydrogens is 346 g/mol. The molecule has 1 atom stereocenters. The number of aliphatic hydroxyl groups excluding tert-OH is 1. The third kappa shape index (κ3) is 4.02. The van der Waals surface area contributed by atoms with Crippen molar-refractivity contribution in [1.82, 2.24) is 9.97 Å². The van der Waals surface area contributed by atoms with Gasteiger partial charge in [0, 0.05) is 23.9 Å². The predicted octanol–water partition coefficient (Wildman–Crippen LogP) is 3.89. The van der Waals surface area contributed by atoms with Gasteiger partial charge in [0.1, 0.15) is 16.5 Å². The van der Waals surface area contributed by atoms with E-state index < -0.39 is 6.10 Å². The van der Waals surface area contributed by atoms with Crippen LogP contribution in [0.2, 0.25) is 0 Å². The zero-order valence-electron chi connectivity index (χ0n) is 15.8. The zero-order chi connectivity index (χ0) is 18.1. The van der Waals surface area contributed by atoms with Crippen molar-refractivity contribution < 1.29 is 9.84 Å². The van der Waals surface area contributed by atoms with Gasteiger partial charge in [-0.1, -0.05) is 13.8 Å². The summed E-state index contributed by atoms with van der Waals surface area (Å²) in [6.07, 6.45) is 6.67. The van der Waals surface area contributed by atoms with Gasteiger partial charge in [0.15, 0.2) is 0 Å². The Balaban J connectivity index is 1.53. The summed E-state index contributed by atoms with van der Waals surface area (Å²) in [6, 6.07) is 0. The minimum Gasteiger partial charge on any atom is -0.389 e. The summed E-state index contributed by atoms with van der Waals surface area (Å²) < 4.78 is 5.56. The smallest absolute Gasteiger partial charge is 0.138 e. The van der Waals surface area contributed by atoms with Crippen LogP contribution in [-0.4, -0.2) is 40.9 Å². The lowest BCUT2D eigenvalue weighted by molar-refractivity contribution is 0.0317. The van der Waals surface area contributed by atoms with E-state index in [2.05, 4.69) is 19.2 Å². The minimum absolute atomic E-state index is 0.358. The van der Waals surface area contributed by atoms with E-state index in [4.69, 9.17) is 14.7 Å². The number of thiophene rings is 1. The SMILES string of the molecule is CC(C)COCC(O)CNc1nc(C2CC2)nc2sc3c(c12)CCCC3. The van der Waals surface area contributed by atoms with Crippen LogP contribution in [0.3, 0.4) is 0 Å². The molecule has 2 N–H and O–H groups in total. The molecule has 2 aromatic heterocycles. The van der Waals surface area contributed by atoms with Gasteiger partial charge in [-0.3, -0.25) is 0 Å². The fraction of sp³-hybridized carbons (Fsp3) is 0.700. The summed E-state index contributed by atoms with van der Waals surface area (Å²) in [7, 11) is 0. The lowest BCUT2D eigenvalue weighted by Crippen LogP contribution is -2.26. The van der Waals surface area contributed by atoms with Crippen molar-refractivity contribution in [2.24, 2.45) is 5.92 Å². The first kappa shape index (κ1) is 18.1. The Hall–Kier alpha value is -1.24. The molecule has 26 heavy (non-hydrogen) atoms. The van der Waals surface area contributed by atoms with E-state index >= 15 is 0 Å². The Morgan fingerprint density at radius 3 is 2.77 bits per heavy atom. The average molecular weight is 376 g/mol. The van der Waals surface area contributed by atoms with Gasteiger partial charge in [-0.15, -0.1) is 11.3 Å². The van der Waals surface area contributed by atoms with Gasteiger partial charge >= 0.3 is 0 Å². The number of aromatic nitrogens is 2. The highest BCUT2D eigenvalue weighted by atomic mass is 32.1. The summed E-state index contributed by atoms with van der Waals surface area (Å²) in [5, 5.41) is 14.9. The number of hydrogen-bond acceptors (Lipinski definition) is 6. The Morgan fingerprint density at radius 1 is 1.19 bits per heavy atom. The summed E-state index contributed by atoms with van der Waals surface area (Å²) in [5.41, 5.74) is 1.44. The maximum absolute atomic E-state index is 10.2. The number of fused-ring (bicyclic) bond motifs is 3. The molecule has 2 aromatic rings. The van der Waals surface area contributed by atoms with E-state index in [1.54, 1.807) is 0 Å². The molecule has 0 amide bonds. The van der Waals surface area contributed by atoms with Crippen LogP contribution in [0.15, 0.2) is 0 Å². The zero-order valence-corrected chi connectivity index (χ0v) is 16.6. The third-order valence-electron chi connectivity index (χ3n) is 5.04. The normalized spacial score (nSPS) is 18.3. The van der Waals surface area contributed by atoms with Crippen LogP contribution in [0.4, 0.5) is 5.82 Å². The fourth-order valence-corrected chi connectivity index (χ4v) is 4.81. The van der Waals surface area contributed by atoms with Gasteiger partial charge in [0.2, 0.25) is 0 Å². The van der Waals surface area contributed by atoms with E-state index in [1.807, 2.05) is 11.3 Å². The van der Waals surface area contributed by atoms with Crippen LogP contribution in [0.5, 0.6) is 0 Å². The predicted molar refractivity (Wildman–Crippen MR) is 106 cm³/mol. The lowest BCUT2D eigenvalue weighted by Gasteiger charge is -2.16. The molecule has 4 rings (SSSR count). The molecule has 2 heterocycles. The molecule has 2 aliphatic carbocycles. The lowest BCUT2D eigenvalue weighted by atomic mass is 9.97. The summed E-state index contributed by atoms with van der Waals surface area (Å²) in [6.45, 7) is 5.72. The second-order valence-corrected chi connectivity index (χ2v) is 9.15. The van der Waals surface area contributed by atoms with E-state index in [1.165, 1.54) is 47.9 Å². The number of hydrogen-bond donors (Lipinski definition) is 2. The van der Waals surface area contributed by atoms with Crippen LogP contribution >= 0.6 is 11.3 Å². The van der Waals surface area contributed by atoms with Crippen molar-refractivity contribution in [2.45, 2.75) is 64.4 Å². The molecule has 0 aromatic carbocycles. The third-order valence-corrected chi connectivity index (χ3v) is 6.23. The minimum atomic E-state index is -0.530. The van der Waals surface area contributed by atoms with Crippen molar-refractivity contribution >= 4 is 27.4 Å². The second kappa shape index (κ2) is 7.79. The molecule has 0 aliphatic heterocycles. The molecule has 142 valence electrons. The Labute approximate surface area is 159 Å². The molecule has 5 nitrogen and oxygen atoms in total. The highest BCUT2D eigenvalue weighted by Crippen LogP contribution is 2.43. The molecule has 6 heteroatoms. The molecule has 0 bridgehead atoms. The molecule has 1 saturated carbocycles. The molecule has 0 spiro atoms. The first-order valence-electron chi connectivity index (χ1n) is 9.93. The maximum atomic E-state index is 10.2. The van der Waals surface area contributed by atoms with Crippen LogP contribution < -0.4 is 5.32 Å². The first-order chi connectivity index (χ1) is 12.6. The maximum Gasteiger partial charge on any atom is 0.138 e. The molecule has 1 unspecified atom stereocenters. The highest BCUT2D eigenvalue weighted by molar-refractivity contribution is 7.19. The average Bonchev–Trinajstić information content (AvgIpc) is 3.39. The van der Waals surface area contributed by atoms with Crippen molar-refractivity contribution in [3.05, 3.63) is 16.3 Å². The highest BCUT2D eigenvalue weighted by Gasteiger charge is 2.29. The van der Waals surface area contributed by atoms with E-state index in [0.29, 0.717) is 31.6 Å². The van der Waals surface area contributed by atoms with Gasteiger partial charge in [0.05, 0.1) is 18.1 Å². The van der Waals surface area contributed by atoms with Crippen LogP contribution in [0, 0.1) is 5.92 Å². The van der Waals surface area contributed by atoms with Crippen molar-refractivity contribution in [2.75, 3.05) is 25.1 Å². The van der Waals surface area contributed by atoms with Gasteiger partial charge in [0.25, 0.3) is 0 Å². The number of ether oxygens (including phenoxy) is 1. The molecule has 2 aliphatic rings. The number of rotatable bonds is 8. The number of aliphatic hydroxyl groups is 1. The number of nitrogens with zero attached hydrogens (tertiary/aromatic N) is 2. The summed E-state index contributed by atoms with van der Waals surface area (Å²) >= 11 is 1.85. The van der Waals surface area contributed by atoms with Gasteiger partial charge in [-0.05, 0) is 50.0 Å². The second-order valence-electron chi connectivity index (χ2n) is 8.06. The van der Waals surface area contributed by atoms with Crippen molar-refractivity contribution in [3.63, 3.8) is 0 Å². The fourth-order valence-electron chi connectivity index (χ4n) is 3.54. The van der Waals surface area contributed by atoms with Crippen LogP contribution in [0.1, 0.15) is 61.7 Å². The van der Waals surface area contributed by atoms with E-state index in [-0.39, 0.29) is 0 Å². The first-order valence-corrected chi connectivity index (χ1v) is 10.7. The number of anilines is 1. The Kier molecular flexibility index (Phi) is 5.43. The standard InChI is InChI=1S/C20H29N3O2S/c1-12(2)10-25-11-14(24)9-21-19-17-15-5-3-4-6-16(15)26-20(17)23-18(22-19)13-7-8-13/h12-14,24H,3-11H2,1-2H3,(H,21,22,23). The van der Waals surface area contributed by atoms with Crippen LogP contribution in [0.25, 0.3) is 10.2 Å². The number of nitrogens with one attached hydrogen (secondary N) is 1. The molecule has 0 radical (unpaired) electrons. The van der Waals surface area contributed by atoms with Gasteiger partial charge in [-0.2, -0.15) is 0 Å².